The number of nitrogens with one attached hydrogen (secondary N) is 1. The third-order valence-corrected chi connectivity index (χ3v) is 4.13. The highest BCUT2D eigenvalue weighted by atomic mass is 16.1. The molecule has 0 fully saturated rings. The molecule has 0 spiro atoms. The number of aryl methyl sites for hydroxylation is 1. The molecule has 0 radical (unpaired) electrons. The normalized spacial score (nSPS) is 11.3. The summed E-state index contributed by atoms with van der Waals surface area (Å²) in [4.78, 5) is 12.3. The summed E-state index contributed by atoms with van der Waals surface area (Å²) >= 11 is 0. The number of fused-ring (bicyclic) bond motifs is 1. The maximum absolute atomic E-state index is 12.3. The summed E-state index contributed by atoms with van der Waals surface area (Å²) in [6.07, 6.45) is 4.32. The summed E-state index contributed by atoms with van der Waals surface area (Å²) in [5, 5.41) is 13.2. The van der Waals surface area contributed by atoms with Crippen LogP contribution in [-0.4, -0.2) is 17.0 Å². The Morgan fingerprint density at radius 3 is 2.64 bits per heavy atom. The van der Waals surface area contributed by atoms with E-state index < -0.39 is 0 Å². The van der Waals surface area contributed by atoms with Crippen molar-refractivity contribution in [1.29, 1.82) is 5.26 Å². The van der Waals surface area contributed by atoms with Gasteiger partial charge in [-0.3, -0.25) is 4.79 Å². The summed E-state index contributed by atoms with van der Waals surface area (Å²) < 4.78 is 1.99. The number of nitriles is 1. The number of carbonyl (C=O) groups excluding carboxylic acids is 1. The van der Waals surface area contributed by atoms with Crippen LogP contribution in [0.25, 0.3) is 17.0 Å². The van der Waals surface area contributed by atoms with Gasteiger partial charge in [0, 0.05) is 36.3 Å². The maximum Gasteiger partial charge on any atom is 0.261 e. The highest BCUT2D eigenvalue weighted by molar-refractivity contribution is 6.04. The molecule has 1 N–H and O–H groups in total. The summed E-state index contributed by atoms with van der Waals surface area (Å²) in [7, 11) is 1.95. The fraction of sp³-hybridized carbons (Fsp3) is 0.143. The highest BCUT2D eigenvalue weighted by Crippen LogP contribution is 2.22. The van der Waals surface area contributed by atoms with E-state index in [4.69, 9.17) is 0 Å². The molecule has 0 aliphatic rings. The quantitative estimate of drug-likeness (QED) is 0.576. The van der Waals surface area contributed by atoms with Crippen LogP contribution < -0.4 is 5.32 Å². The number of para-hydroxylation sites is 1. The maximum atomic E-state index is 12.3. The van der Waals surface area contributed by atoms with E-state index >= 15 is 0 Å². The molecule has 0 bridgehead atoms. The monoisotopic (exact) mass is 329 g/mol. The predicted octanol–water partition coefficient (Wildman–Crippen LogP) is 3.44. The molecule has 0 unspecified atom stereocenters. The number of carbonyl (C=O) groups is 1. The molecule has 0 atom stereocenters. The van der Waals surface area contributed by atoms with E-state index in [2.05, 4.69) is 5.32 Å². The number of hydrogen-bond donors (Lipinski definition) is 1. The van der Waals surface area contributed by atoms with Crippen LogP contribution in [0.15, 0.2) is 66.4 Å². The number of benzene rings is 2. The largest absolute Gasteiger partial charge is 0.351 e. The topological polar surface area (TPSA) is 57.8 Å². The van der Waals surface area contributed by atoms with Gasteiger partial charge in [-0.1, -0.05) is 48.5 Å². The standard InChI is InChI=1S/C21H19N3O/c1-24-15-18(19-9-5-6-10-20(19)24)13-17(14-22)21(25)23-12-11-16-7-3-2-4-8-16/h2-10,13,15H,11-12H2,1H3,(H,23,25)/b17-13+. The molecule has 1 amide bonds. The Bertz CT molecular complexity index is 962. The van der Waals surface area contributed by atoms with E-state index in [0.29, 0.717) is 6.54 Å². The highest BCUT2D eigenvalue weighted by Gasteiger charge is 2.11. The zero-order valence-corrected chi connectivity index (χ0v) is 14.1. The minimum Gasteiger partial charge on any atom is -0.351 e. The molecular weight excluding hydrogens is 310 g/mol. The van der Waals surface area contributed by atoms with E-state index in [0.717, 1.165) is 28.5 Å². The number of aromatic nitrogens is 1. The van der Waals surface area contributed by atoms with Crippen LogP contribution in [0.4, 0.5) is 0 Å². The predicted molar refractivity (Wildman–Crippen MR) is 99.7 cm³/mol. The van der Waals surface area contributed by atoms with Gasteiger partial charge in [0.05, 0.1) is 0 Å². The van der Waals surface area contributed by atoms with Gasteiger partial charge in [0.2, 0.25) is 0 Å². The van der Waals surface area contributed by atoms with Crippen molar-refractivity contribution in [2.45, 2.75) is 6.42 Å². The van der Waals surface area contributed by atoms with Gasteiger partial charge in [-0.25, -0.2) is 0 Å². The Morgan fingerprint density at radius 1 is 1.16 bits per heavy atom. The first-order chi connectivity index (χ1) is 12.2. The average Bonchev–Trinajstić information content (AvgIpc) is 2.96. The van der Waals surface area contributed by atoms with Crippen molar-refractivity contribution in [3.8, 4) is 6.07 Å². The third-order valence-electron chi connectivity index (χ3n) is 4.13. The van der Waals surface area contributed by atoms with Gasteiger partial charge in [0.1, 0.15) is 11.6 Å². The van der Waals surface area contributed by atoms with Crippen molar-refractivity contribution in [1.82, 2.24) is 9.88 Å². The zero-order chi connectivity index (χ0) is 17.6. The lowest BCUT2D eigenvalue weighted by atomic mass is 10.1. The van der Waals surface area contributed by atoms with Gasteiger partial charge in [-0.15, -0.1) is 0 Å². The number of nitrogens with zero attached hydrogens (tertiary/aromatic N) is 2. The van der Waals surface area contributed by atoms with Gasteiger partial charge in [0.15, 0.2) is 0 Å². The van der Waals surface area contributed by atoms with Crippen molar-refractivity contribution in [2.75, 3.05) is 6.54 Å². The molecule has 25 heavy (non-hydrogen) atoms. The van der Waals surface area contributed by atoms with Crippen LogP contribution in [-0.2, 0) is 18.3 Å². The first kappa shape index (κ1) is 16.5. The zero-order valence-electron chi connectivity index (χ0n) is 14.1. The molecular formula is C21H19N3O. The Labute approximate surface area is 147 Å². The molecule has 0 saturated carbocycles. The van der Waals surface area contributed by atoms with E-state index in [1.807, 2.05) is 78.5 Å². The van der Waals surface area contributed by atoms with Crippen molar-refractivity contribution >= 4 is 22.9 Å². The summed E-state index contributed by atoms with van der Waals surface area (Å²) in [6, 6.07) is 19.9. The fourth-order valence-corrected chi connectivity index (χ4v) is 2.85. The van der Waals surface area contributed by atoms with Crippen LogP contribution in [0, 0.1) is 11.3 Å². The SMILES string of the molecule is Cn1cc(/C=C(\C#N)C(=O)NCCc2ccccc2)c2ccccc21. The second kappa shape index (κ2) is 7.50. The third kappa shape index (κ3) is 3.78. The minimum atomic E-state index is -0.341. The molecule has 3 aromatic rings. The van der Waals surface area contributed by atoms with Crippen LogP contribution in [0.1, 0.15) is 11.1 Å². The fourth-order valence-electron chi connectivity index (χ4n) is 2.85. The molecule has 1 heterocycles. The van der Waals surface area contributed by atoms with Crippen molar-refractivity contribution in [3.05, 3.63) is 77.5 Å². The molecule has 0 aliphatic heterocycles. The summed E-state index contributed by atoms with van der Waals surface area (Å²) in [6.45, 7) is 0.497. The molecule has 124 valence electrons. The first-order valence-corrected chi connectivity index (χ1v) is 8.17. The summed E-state index contributed by atoms with van der Waals surface area (Å²) in [5.74, 6) is -0.341. The Morgan fingerprint density at radius 2 is 1.88 bits per heavy atom. The first-order valence-electron chi connectivity index (χ1n) is 8.17. The van der Waals surface area contributed by atoms with Crippen LogP contribution in [0.5, 0.6) is 0 Å². The Balaban J connectivity index is 1.73. The van der Waals surface area contributed by atoms with Gasteiger partial charge in [-0.2, -0.15) is 5.26 Å². The van der Waals surface area contributed by atoms with Gasteiger partial charge in [-0.05, 0) is 24.1 Å². The lowest BCUT2D eigenvalue weighted by Gasteiger charge is -2.04. The van der Waals surface area contributed by atoms with E-state index in [1.54, 1.807) is 6.08 Å². The second-order valence-corrected chi connectivity index (χ2v) is 5.87. The smallest absolute Gasteiger partial charge is 0.261 e. The van der Waals surface area contributed by atoms with Crippen molar-refractivity contribution in [3.63, 3.8) is 0 Å². The van der Waals surface area contributed by atoms with E-state index in [-0.39, 0.29) is 11.5 Å². The van der Waals surface area contributed by atoms with Crippen LogP contribution in [0.3, 0.4) is 0 Å². The second-order valence-electron chi connectivity index (χ2n) is 5.87. The molecule has 3 rings (SSSR count). The molecule has 4 nitrogen and oxygen atoms in total. The number of hydrogen-bond acceptors (Lipinski definition) is 2. The lowest BCUT2D eigenvalue weighted by molar-refractivity contribution is -0.117. The lowest BCUT2D eigenvalue weighted by Crippen LogP contribution is -2.26. The Kier molecular flexibility index (Phi) is 4.96. The average molecular weight is 329 g/mol. The molecule has 0 saturated heterocycles. The number of amides is 1. The van der Waals surface area contributed by atoms with E-state index in [9.17, 15) is 10.1 Å². The van der Waals surface area contributed by atoms with Crippen molar-refractivity contribution in [2.24, 2.45) is 7.05 Å². The summed E-state index contributed by atoms with van der Waals surface area (Å²) in [5.41, 5.74) is 3.20. The van der Waals surface area contributed by atoms with Crippen LogP contribution in [0.2, 0.25) is 0 Å². The van der Waals surface area contributed by atoms with Gasteiger partial charge >= 0.3 is 0 Å². The minimum absolute atomic E-state index is 0.115. The number of rotatable bonds is 5. The van der Waals surface area contributed by atoms with E-state index in [1.165, 1.54) is 0 Å². The van der Waals surface area contributed by atoms with Gasteiger partial charge < -0.3 is 9.88 Å². The molecule has 0 aliphatic carbocycles. The molecule has 4 heteroatoms. The Hall–Kier alpha value is -3.32. The molecule has 2 aromatic carbocycles. The molecule has 1 aromatic heterocycles. The van der Waals surface area contributed by atoms with Crippen molar-refractivity contribution < 1.29 is 4.79 Å². The van der Waals surface area contributed by atoms with Crippen LogP contribution >= 0.6 is 0 Å². The van der Waals surface area contributed by atoms with Gasteiger partial charge in [0.25, 0.3) is 5.91 Å².